The molecule has 3 N–H and O–H groups in total. The Kier molecular flexibility index (Phi) is 6.94. The lowest BCUT2D eigenvalue weighted by Crippen LogP contribution is -2.51. The summed E-state index contributed by atoms with van der Waals surface area (Å²) in [4.78, 5) is 30.4. The first-order chi connectivity index (χ1) is 17.8. The molecule has 1 aliphatic heterocycles. The molecule has 1 fully saturated rings. The average molecular weight is 502 g/mol. The predicted octanol–water partition coefficient (Wildman–Crippen LogP) is 3.55. The summed E-state index contributed by atoms with van der Waals surface area (Å²) in [5, 5.41) is 12.0. The molecule has 10 heteroatoms. The summed E-state index contributed by atoms with van der Waals surface area (Å²) in [6, 6.07) is 5.75. The molecule has 1 aliphatic rings. The molecule has 0 aliphatic carbocycles. The van der Waals surface area contributed by atoms with E-state index >= 15 is 0 Å². The van der Waals surface area contributed by atoms with E-state index in [1.807, 2.05) is 57.7 Å². The van der Waals surface area contributed by atoms with Crippen molar-refractivity contribution in [3.8, 4) is 11.3 Å². The molecule has 3 aromatic heterocycles. The second kappa shape index (κ2) is 10.3. The van der Waals surface area contributed by atoms with E-state index in [4.69, 9.17) is 4.98 Å². The number of amides is 1. The third-order valence-corrected chi connectivity index (χ3v) is 7.15. The summed E-state index contributed by atoms with van der Waals surface area (Å²) >= 11 is 0. The van der Waals surface area contributed by atoms with Gasteiger partial charge in [-0.25, -0.2) is 9.97 Å². The first-order valence-electron chi connectivity index (χ1n) is 12.8. The van der Waals surface area contributed by atoms with Crippen molar-refractivity contribution in [1.82, 2.24) is 34.5 Å². The van der Waals surface area contributed by atoms with E-state index in [1.165, 1.54) is 0 Å². The van der Waals surface area contributed by atoms with Crippen LogP contribution in [0.4, 0.5) is 17.3 Å². The first-order valence-corrected chi connectivity index (χ1v) is 12.8. The normalized spacial score (nSPS) is 15.7. The van der Waals surface area contributed by atoms with Crippen molar-refractivity contribution in [3.05, 3.63) is 48.0 Å². The second-order valence-electron chi connectivity index (χ2n) is 9.80. The van der Waals surface area contributed by atoms with Crippen molar-refractivity contribution < 1.29 is 4.79 Å². The fourth-order valence-corrected chi connectivity index (χ4v) is 4.86. The van der Waals surface area contributed by atoms with Crippen LogP contribution >= 0.6 is 0 Å². The number of piperazine rings is 1. The Bertz CT molecular complexity index is 1410. The number of nitrogens with one attached hydrogen (secondary N) is 3. The van der Waals surface area contributed by atoms with Crippen LogP contribution in [0.25, 0.3) is 22.2 Å². The highest BCUT2D eigenvalue weighted by atomic mass is 16.2. The number of aromatic amines is 1. The van der Waals surface area contributed by atoms with Gasteiger partial charge in [0.15, 0.2) is 0 Å². The van der Waals surface area contributed by atoms with Crippen LogP contribution in [-0.4, -0.2) is 79.7 Å². The Hall–Kier alpha value is -3.76. The van der Waals surface area contributed by atoms with Crippen molar-refractivity contribution in [1.29, 1.82) is 0 Å². The van der Waals surface area contributed by atoms with Gasteiger partial charge in [0, 0.05) is 62.8 Å². The Morgan fingerprint density at radius 2 is 1.95 bits per heavy atom. The second-order valence-corrected chi connectivity index (χ2v) is 9.80. The van der Waals surface area contributed by atoms with Gasteiger partial charge in [0.05, 0.1) is 34.3 Å². The fourth-order valence-electron chi connectivity index (χ4n) is 4.86. The lowest BCUT2D eigenvalue weighted by molar-refractivity contribution is -0.121. The fraction of sp³-hybridized carbons (Fsp3) is 0.407. The molecule has 10 nitrogen and oxygen atoms in total. The Labute approximate surface area is 217 Å². The van der Waals surface area contributed by atoms with E-state index < -0.39 is 0 Å². The molecule has 1 saturated heterocycles. The Morgan fingerprint density at radius 1 is 1.16 bits per heavy atom. The summed E-state index contributed by atoms with van der Waals surface area (Å²) in [6.45, 7) is 9.79. The minimum absolute atomic E-state index is 0.00102. The molecule has 37 heavy (non-hydrogen) atoms. The van der Waals surface area contributed by atoms with Gasteiger partial charge in [0.25, 0.3) is 0 Å². The van der Waals surface area contributed by atoms with Crippen molar-refractivity contribution in [3.63, 3.8) is 0 Å². The van der Waals surface area contributed by atoms with Crippen LogP contribution in [0.2, 0.25) is 0 Å². The third kappa shape index (κ3) is 5.07. The van der Waals surface area contributed by atoms with Crippen LogP contribution < -0.4 is 10.6 Å². The van der Waals surface area contributed by atoms with E-state index in [1.54, 1.807) is 4.68 Å². The maximum Gasteiger partial charge on any atom is 0.241 e. The van der Waals surface area contributed by atoms with Gasteiger partial charge in [-0.2, -0.15) is 5.10 Å². The summed E-state index contributed by atoms with van der Waals surface area (Å²) in [6.07, 6.45) is 6.53. The summed E-state index contributed by atoms with van der Waals surface area (Å²) in [5.41, 5.74) is 6.27. The number of para-hydroxylation sites is 1. The molecular formula is C27H35N9O. The van der Waals surface area contributed by atoms with Gasteiger partial charge in [-0.15, -0.1) is 0 Å². The number of anilines is 3. The van der Waals surface area contributed by atoms with E-state index in [0.29, 0.717) is 5.95 Å². The number of rotatable bonds is 7. The molecule has 1 amide bonds. The molecule has 4 heterocycles. The van der Waals surface area contributed by atoms with Gasteiger partial charge < -0.3 is 20.5 Å². The van der Waals surface area contributed by atoms with Crippen molar-refractivity contribution in [2.24, 2.45) is 7.05 Å². The number of nitrogens with zero attached hydrogens (tertiary/aromatic N) is 6. The number of likely N-dealkylation sites (N-methyl/N-ethyl adjacent to an activating group) is 1. The van der Waals surface area contributed by atoms with Crippen LogP contribution in [0.5, 0.6) is 0 Å². The molecule has 0 saturated carbocycles. The number of carbonyl (C=O) groups excluding carboxylic acids is 1. The lowest BCUT2D eigenvalue weighted by Gasteiger charge is -2.35. The van der Waals surface area contributed by atoms with Gasteiger partial charge in [-0.3, -0.25) is 14.4 Å². The number of fused-ring (bicyclic) bond motifs is 1. The van der Waals surface area contributed by atoms with Crippen molar-refractivity contribution >= 4 is 34.1 Å². The standard InChI is InChI=1S/C27H35N9O/c1-6-21-23(16-35(5)33-21)31-27-29-14-17(2)24(32-27)20-15-28-25-19(20)8-7-9-22(25)30-26(37)18(3)36-12-10-34(4)11-13-36/h7-9,14-16,18,28H,6,10-13H2,1-5H3,(H,30,37)(H,29,31,32)/t18-/m1/s1. The average Bonchev–Trinajstić information content (AvgIpc) is 3.48. The zero-order chi connectivity index (χ0) is 26.1. The number of hydrogen-bond donors (Lipinski definition) is 3. The maximum atomic E-state index is 13.1. The number of carbonyl (C=O) groups is 1. The minimum atomic E-state index is -0.198. The molecular weight excluding hydrogens is 466 g/mol. The van der Waals surface area contributed by atoms with Gasteiger partial charge >= 0.3 is 0 Å². The van der Waals surface area contributed by atoms with Crippen molar-refractivity contribution in [2.45, 2.75) is 33.2 Å². The lowest BCUT2D eigenvalue weighted by atomic mass is 10.1. The quantitative estimate of drug-likeness (QED) is 0.356. The molecule has 1 atom stereocenters. The van der Waals surface area contributed by atoms with Crippen molar-refractivity contribution in [2.75, 3.05) is 43.9 Å². The Morgan fingerprint density at radius 3 is 2.70 bits per heavy atom. The van der Waals surface area contributed by atoms with Crippen LogP contribution in [0.1, 0.15) is 25.1 Å². The minimum Gasteiger partial charge on any atom is -0.359 e. The van der Waals surface area contributed by atoms with E-state index in [9.17, 15) is 4.79 Å². The third-order valence-electron chi connectivity index (χ3n) is 7.15. The van der Waals surface area contributed by atoms with Crippen LogP contribution in [0, 0.1) is 6.92 Å². The first kappa shape index (κ1) is 24.9. The number of aryl methyl sites for hydroxylation is 3. The predicted molar refractivity (Wildman–Crippen MR) is 147 cm³/mol. The van der Waals surface area contributed by atoms with Crippen LogP contribution in [-0.2, 0) is 18.3 Å². The number of aromatic nitrogens is 5. The molecule has 0 radical (unpaired) electrons. The van der Waals surface area contributed by atoms with Gasteiger partial charge in [-0.1, -0.05) is 19.1 Å². The monoisotopic (exact) mass is 501 g/mol. The maximum absolute atomic E-state index is 13.1. The molecule has 0 unspecified atom stereocenters. The van der Waals surface area contributed by atoms with E-state index in [-0.39, 0.29) is 11.9 Å². The van der Waals surface area contributed by atoms with Gasteiger partial charge in [0.2, 0.25) is 11.9 Å². The van der Waals surface area contributed by atoms with E-state index in [2.05, 4.69) is 49.5 Å². The van der Waals surface area contributed by atoms with Crippen LogP contribution in [0.15, 0.2) is 36.8 Å². The van der Waals surface area contributed by atoms with Crippen LogP contribution in [0.3, 0.4) is 0 Å². The topological polar surface area (TPSA) is 107 Å². The Balaban J connectivity index is 1.40. The summed E-state index contributed by atoms with van der Waals surface area (Å²) < 4.78 is 1.79. The highest BCUT2D eigenvalue weighted by molar-refractivity contribution is 6.06. The zero-order valence-corrected chi connectivity index (χ0v) is 22.2. The zero-order valence-electron chi connectivity index (χ0n) is 22.2. The van der Waals surface area contributed by atoms with E-state index in [0.717, 1.165) is 77.4 Å². The summed E-state index contributed by atoms with van der Waals surface area (Å²) in [7, 11) is 4.02. The molecule has 5 rings (SSSR count). The summed E-state index contributed by atoms with van der Waals surface area (Å²) in [5.74, 6) is 0.518. The van der Waals surface area contributed by atoms with Gasteiger partial charge in [0.1, 0.15) is 0 Å². The number of benzene rings is 1. The molecule has 0 spiro atoms. The molecule has 194 valence electrons. The molecule has 0 bridgehead atoms. The molecule has 1 aromatic carbocycles. The molecule has 4 aromatic rings. The highest BCUT2D eigenvalue weighted by Crippen LogP contribution is 2.33. The highest BCUT2D eigenvalue weighted by Gasteiger charge is 2.25. The van der Waals surface area contributed by atoms with Gasteiger partial charge in [-0.05, 0) is 38.9 Å². The SMILES string of the molecule is CCc1nn(C)cc1Nc1ncc(C)c(-c2c[nH]c3c(NC(=O)[C@@H](C)N4CCN(C)CC4)cccc23)n1. The smallest absolute Gasteiger partial charge is 0.241 e. The number of H-pyrrole nitrogens is 1. The number of hydrogen-bond acceptors (Lipinski definition) is 7. The largest absolute Gasteiger partial charge is 0.359 e.